The van der Waals surface area contributed by atoms with Gasteiger partial charge in [0.1, 0.15) is 5.75 Å². The minimum absolute atomic E-state index is 0.234. The summed E-state index contributed by atoms with van der Waals surface area (Å²) in [4.78, 5) is 32.9. The number of methoxy groups -OCH3 is 1. The fraction of sp³-hybridized carbons (Fsp3) is 0.522. The van der Waals surface area contributed by atoms with Gasteiger partial charge in [-0.15, -0.1) is 0 Å². The number of imidazole rings is 1. The standard InChI is InChI=1S/C23H31N5O3/c1-4-5-6-7-8-9-14-28-21(29)19-20(25(2)23(28)30)24-22-26(15-16-27(19)22)17-10-12-18(31-3)13-11-17/h10-13H,4-9,14-16H2,1-3H3. The molecule has 0 saturated heterocycles. The highest BCUT2D eigenvalue weighted by atomic mass is 16.5. The number of aryl methyl sites for hydroxylation is 1. The molecule has 0 radical (unpaired) electrons. The Kier molecular flexibility index (Phi) is 6.15. The van der Waals surface area contributed by atoms with E-state index in [9.17, 15) is 9.59 Å². The second-order valence-electron chi connectivity index (χ2n) is 8.15. The number of rotatable bonds is 9. The number of hydrogen-bond acceptors (Lipinski definition) is 5. The van der Waals surface area contributed by atoms with E-state index in [1.165, 1.54) is 28.4 Å². The van der Waals surface area contributed by atoms with Crippen LogP contribution in [0.3, 0.4) is 0 Å². The van der Waals surface area contributed by atoms with Crippen molar-refractivity contribution in [2.75, 3.05) is 18.6 Å². The van der Waals surface area contributed by atoms with Crippen molar-refractivity contribution in [1.82, 2.24) is 18.7 Å². The first-order valence-electron chi connectivity index (χ1n) is 11.2. The fourth-order valence-corrected chi connectivity index (χ4v) is 4.33. The first-order valence-corrected chi connectivity index (χ1v) is 11.2. The van der Waals surface area contributed by atoms with Gasteiger partial charge in [-0.05, 0) is 30.7 Å². The third-order valence-corrected chi connectivity index (χ3v) is 6.12. The third kappa shape index (κ3) is 3.86. The average Bonchev–Trinajstić information content (AvgIpc) is 3.36. The molecule has 0 unspecified atom stereocenters. The SMILES string of the molecule is CCCCCCCCn1c(=O)c2c(nc3n2CCN3c2ccc(OC)cc2)n(C)c1=O. The van der Waals surface area contributed by atoms with Crippen LogP contribution in [0.1, 0.15) is 45.4 Å². The highest BCUT2D eigenvalue weighted by molar-refractivity contribution is 5.77. The van der Waals surface area contributed by atoms with Gasteiger partial charge in [-0.1, -0.05) is 39.0 Å². The van der Waals surface area contributed by atoms with Gasteiger partial charge in [-0.25, -0.2) is 4.79 Å². The first-order chi connectivity index (χ1) is 15.1. The molecule has 3 heterocycles. The van der Waals surface area contributed by atoms with Crippen LogP contribution in [-0.4, -0.2) is 32.3 Å². The van der Waals surface area contributed by atoms with Crippen LogP contribution in [-0.2, 0) is 20.1 Å². The van der Waals surface area contributed by atoms with Gasteiger partial charge < -0.3 is 14.2 Å². The van der Waals surface area contributed by atoms with Gasteiger partial charge in [0.15, 0.2) is 11.2 Å². The highest BCUT2D eigenvalue weighted by Crippen LogP contribution is 2.32. The maximum atomic E-state index is 13.3. The molecule has 8 nitrogen and oxygen atoms in total. The molecule has 0 spiro atoms. The van der Waals surface area contributed by atoms with E-state index in [1.54, 1.807) is 14.2 Å². The molecule has 0 amide bonds. The van der Waals surface area contributed by atoms with Gasteiger partial charge in [0.2, 0.25) is 5.95 Å². The Morgan fingerprint density at radius 2 is 1.71 bits per heavy atom. The number of anilines is 2. The van der Waals surface area contributed by atoms with Crippen molar-refractivity contribution in [3.8, 4) is 5.75 Å². The molecule has 0 aliphatic carbocycles. The number of benzene rings is 1. The van der Waals surface area contributed by atoms with Crippen LogP contribution in [0, 0.1) is 0 Å². The van der Waals surface area contributed by atoms with E-state index in [2.05, 4.69) is 11.8 Å². The van der Waals surface area contributed by atoms with E-state index >= 15 is 0 Å². The Balaban J connectivity index is 1.65. The average molecular weight is 426 g/mol. The summed E-state index contributed by atoms with van der Waals surface area (Å²) in [6.07, 6.45) is 6.66. The molecule has 0 fully saturated rings. The van der Waals surface area contributed by atoms with Crippen LogP contribution in [0.4, 0.5) is 11.6 Å². The molecule has 4 rings (SSSR count). The van der Waals surface area contributed by atoms with E-state index in [1.807, 2.05) is 28.8 Å². The Morgan fingerprint density at radius 1 is 1.00 bits per heavy atom. The largest absolute Gasteiger partial charge is 0.497 e. The smallest absolute Gasteiger partial charge is 0.332 e. The molecular weight excluding hydrogens is 394 g/mol. The topological polar surface area (TPSA) is 74.3 Å². The Bertz CT molecular complexity index is 1170. The predicted molar refractivity (Wildman–Crippen MR) is 123 cm³/mol. The number of aromatic nitrogens is 4. The number of nitrogens with zero attached hydrogens (tertiary/aromatic N) is 5. The quantitative estimate of drug-likeness (QED) is 0.491. The van der Waals surface area contributed by atoms with Gasteiger partial charge in [-0.2, -0.15) is 4.98 Å². The van der Waals surface area contributed by atoms with Crippen LogP contribution >= 0.6 is 0 Å². The molecule has 0 atom stereocenters. The lowest BCUT2D eigenvalue weighted by molar-refractivity contribution is 0.415. The molecule has 0 bridgehead atoms. The second kappa shape index (κ2) is 8.99. The molecular formula is C23H31N5O3. The zero-order chi connectivity index (χ0) is 22.0. The van der Waals surface area contributed by atoms with Crippen LogP contribution in [0.15, 0.2) is 33.9 Å². The number of ether oxygens (including phenoxy) is 1. The van der Waals surface area contributed by atoms with Crippen molar-refractivity contribution in [1.29, 1.82) is 0 Å². The fourth-order valence-electron chi connectivity index (χ4n) is 4.33. The van der Waals surface area contributed by atoms with E-state index in [-0.39, 0.29) is 11.2 Å². The van der Waals surface area contributed by atoms with Gasteiger partial charge in [0.05, 0.1) is 7.11 Å². The van der Waals surface area contributed by atoms with Crippen molar-refractivity contribution in [3.63, 3.8) is 0 Å². The minimum Gasteiger partial charge on any atom is -0.497 e. The maximum Gasteiger partial charge on any atom is 0.332 e. The molecule has 0 saturated carbocycles. The van der Waals surface area contributed by atoms with Crippen LogP contribution in [0.5, 0.6) is 5.75 Å². The number of hydrogen-bond donors (Lipinski definition) is 0. The predicted octanol–water partition coefficient (Wildman–Crippen LogP) is 3.42. The van der Waals surface area contributed by atoms with Crippen LogP contribution < -0.4 is 20.9 Å². The summed E-state index contributed by atoms with van der Waals surface area (Å²) in [5.41, 5.74) is 1.41. The van der Waals surface area contributed by atoms with Crippen LogP contribution in [0.25, 0.3) is 11.2 Å². The Morgan fingerprint density at radius 3 is 2.42 bits per heavy atom. The first kappa shape index (κ1) is 21.2. The summed E-state index contributed by atoms with van der Waals surface area (Å²) in [5.74, 6) is 1.49. The highest BCUT2D eigenvalue weighted by Gasteiger charge is 2.28. The van der Waals surface area contributed by atoms with Gasteiger partial charge in [-0.3, -0.25) is 13.9 Å². The summed E-state index contributed by atoms with van der Waals surface area (Å²) < 4.78 is 10.1. The van der Waals surface area contributed by atoms with E-state index in [0.717, 1.165) is 37.2 Å². The molecule has 3 aromatic rings. The van der Waals surface area contributed by atoms with Crippen molar-refractivity contribution in [2.24, 2.45) is 7.05 Å². The molecule has 1 aliphatic rings. The van der Waals surface area contributed by atoms with Gasteiger partial charge >= 0.3 is 5.69 Å². The maximum absolute atomic E-state index is 13.3. The lowest BCUT2D eigenvalue weighted by atomic mass is 10.1. The molecule has 1 aliphatic heterocycles. The lowest BCUT2D eigenvalue weighted by Crippen LogP contribution is -2.39. The summed E-state index contributed by atoms with van der Waals surface area (Å²) in [6, 6.07) is 7.77. The summed E-state index contributed by atoms with van der Waals surface area (Å²) in [7, 11) is 3.34. The van der Waals surface area contributed by atoms with Gasteiger partial charge in [0, 0.05) is 32.4 Å². The summed E-state index contributed by atoms with van der Waals surface area (Å²) in [5, 5.41) is 0. The minimum atomic E-state index is -0.293. The second-order valence-corrected chi connectivity index (χ2v) is 8.15. The van der Waals surface area contributed by atoms with Crippen LogP contribution in [0.2, 0.25) is 0 Å². The number of fused-ring (bicyclic) bond motifs is 3. The summed E-state index contributed by atoms with van der Waals surface area (Å²) in [6.45, 7) is 4.03. The normalized spacial score (nSPS) is 13.2. The van der Waals surface area contributed by atoms with E-state index in [0.29, 0.717) is 30.2 Å². The van der Waals surface area contributed by atoms with Crippen molar-refractivity contribution < 1.29 is 4.74 Å². The monoisotopic (exact) mass is 425 g/mol. The summed E-state index contributed by atoms with van der Waals surface area (Å²) >= 11 is 0. The Hall–Kier alpha value is -3.03. The molecule has 8 heteroatoms. The number of unbranched alkanes of at least 4 members (excludes halogenated alkanes) is 5. The van der Waals surface area contributed by atoms with Gasteiger partial charge in [0.25, 0.3) is 5.56 Å². The Labute approximate surface area is 181 Å². The van der Waals surface area contributed by atoms with Crippen molar-refractivity contribution in [3.05, 3.63) is 45.1 Å². The third-order valence-electron chi connectivity index (χ3n) is 6.12. The van der Waals surface area contributed by atoms with Crippen molar-refractivity contribution in [2.45, 2.75) is 58.5 Å². The van der Waals surface area contributed by atoms with E-state index in [4.69, 9.17) is 9.72 Å². The van der Waals surface area contributed by atoms with Crippen molar-refractivity contribution >= 4 is 22.8 Å². The molecule has 1 aromatic carbocycles. The molecule has 166 valence electrons. The molecule has 0 N–H and O–H groups in total. The lowest BCUT2D eigenvalue weighted by Gasteiger charge is -2.16. The molecule has 2 aromatic heterocycles. The zero-order valence-corrected chi connectivity index (χ0v) is 18.6. The molecule has 31 heavy (non-hydrogen) atoms. The van der Waals surface area contributed by atoms with E-state index < -0.39 is 0 Å². The zero-order valence-electron chi connectivity index (χ0n) is 18.6.